The number of hydrogen-bond donors (Lipinski definition) is 2. The summed E-state index contributed by atoms with van der Waals surface area (Å²) < 4.78 is 43.7. The van der Waals surface area contributed by atoms with Gasteiger partial charge in [-0.1, -0.05) is 18.2 Å². The Kier molecular flexibility index (Phi) is 7.95. The molecule has 1 saturated heterocycles. The van der Waals surface area contributed by atoms with Crippen LogP contribution in [-0.4, -0.2) is 41.8 Å². The average Bonchev–Trinajstić information content (AvgIpc) is 3.44. The first kappa shape index (κ1) is 26.0. The first-order valence-corrected chi connectivity index (χ1v) is 11.8. The van der Waals surface area contributed by atoms with Crippen LogP contribution in [0.1, 0.15) is 44.9 Å². The van der Waals surface area contributed by atoms with Crippen LogP contribution in [0.3, 0.4) is 0 Å². The number of rotatable bonds is 7. The van der Waals surface area contributed by atoms with E-state index >= 15 is 0 Å². The molecule has 1 fully saturated rings. The number of carbonyl (C=O) groups excluding carboxylic acids is 3. The second kappa shape index (κ2) is 11.3. The zero-order valence-electron chi connectivity index (χ0n) is 19.8. The third-order valence-corrected chi connectivity index (χ3v) is 6.38. The molecule has 3 aromatic rings. The minimum absolute atomic E-state index is 0.162. The first-order chi connectivity index (χ1) is 17.7. The SMILES string of the molecule is O=C(NC(C(=O)NCc1ccco1)C1CCN(C(=O)c2ccc(C(F)(F)F)cc2)CC1)c1ccccc1. The molecule has 4 rings (SSSR count). The number of halogens is 3. The van der Waals surface area contributed by atoms with E-state index in [1.807, 2.05) is 0 Å². The van der Waals surface area contributed by atoms with E-state index in [-0.39, 0.29) is 35.7 Å². The molecule has 3 amide bonds. The van der Waals surface area contributed by atoms with E-state index in [0.717, 1.165) is 12.1 Å². The lowest BCUT2D eigenvalue weighted by Crippen LogP contribution is -2.53. The number of furan rings is 1. The number of nitrogens with one attached hydrogen (secondary N) is 2. The minimum atomic E-state index is -4.48. The summed E-state index contributed by atoms with van der Waals surface area (Å²) in [5.74, 6) is -0.811. The maximum atomic E-state index is 13.1. The maximum absolute atomic E-state index is 13.1. The highest BCUT2D eigenvalue weighted by atomic mass is 19.4. The molecule has 0 saturated carbocycles. The van der Waals surface area contributed by atoms with Crippen LogP contribution < -0.4 is 10.6 Å². The van der Waals surface area contributed by atoms with Crippen LogP contribution in [0.2, 0.25) is 0 Å². The van der Waals surface area contributed by atoms with Crippen molar-refractivity contribution in [3.05, 3.63) is 95.4 Å². The van der Waals surface area contributed by atoms with Gasteiger partial charge in [-0.15, -0.1) is 0 Å². The fraction of sp³-hybridized carbons (Fsp3) is 0.296. The van der Waals surface area contributed by atoms with Crippen molar-refractivity contribution in [1.82, 2.24) is 15.5 Å². The Hall–Kier alpha value is -4.08. The number of carbonyl (C=O) groups is 3. The van der Waals surface area contributed by atoms with Crippen molar-refractivity contribution in [3.8, 4) is 0 Å². The molecule has 1 unspecified atom stereocenters. The smallest absolute Gasteiger partial charge is 0.416 e. The standard InChI is InChI=1S/C27H26F3N3O4/c28-27(29,30)21-10-8-20(9-11-21)26(36)33-14-12-18(13-15-33)23(25(35)31-17-22-7-4-16-37-22)32-24(34)19-5-2-1-3-6-19/h1-11,16,18,23H,12-15,17H2,(H,31,35)(H,32,34). The number of hydrogen-bond acceptors (Lipinski definition) is 4. The molecule has 2 heterocycles. The van der Waals surface area contributed by atoms with Gasteiger partial charge in [0.15, 0.2) is 0 Å². The molecule has 37 heavy (non-hydrogen) atoms. The van der Waals surface area contributed by atoms with Gasteiger partial charge in [0, 0.05) is 24.2 Å². The summed E-state index contributed by atoms with van der Waals surface area (Å²) in [5, 5.41) is 5.63. The van der Waals surface area contributed by atoms with E-state index in [2.05, 4.69) is 10.6 Å². The summed E-state index contributed by atoms with van der Waals surface area (Å²) in [7, 11) is 0. The second-order valence-electron chi connectivity index (χ2n) is 8.82. The summed E-state index contributed by atoms with van der Waals surface area (Å²) in [4.78, 5) is 40.4. The van der Waals surface area contributed by atoms with Crippen LogP contribution in [0, 0.1) is 5.92 Å². The summed E-state index contributed by atoms with van der Waals surface area (Å²) in [5.41, 5.74) is -0.238. The lowest BCUT2D eigenvalue weighted by atomic mass is 9.88. The van der Waals surface area contributed by atoms with Gasteiger partial charge in [-0.3, -0.25) is 14.4 Å². The number of piperidine rings is 1. The Labute approximate surface area is 211 Å². The van der Waals surface area contributed by atoms with E-state index in [9.17, 15) is 27.6 Å². The van der Waals surface area contributed by atoms with Crippen LogP contribution >= 0.6 is 0 Å². The fourth-order valence-electron chi connectivity index (χ4n) is 4.33. The monoisotopic (exact) mass is 513 g/mol. The van der Waals surface area contributed by atoms with Crippen LogP contribution in [0.5, 0.6) is 0 Å². The van der Waals surface area contributed by atoms with Crippen molar-refractivity contribution in [2.24, 2.45) is 5.92 Å². The normalized spacial score (nSPS) is 15.2. The summed E-state index contributed by atoms with van der Waals surface area (Å²) >= 11 is 0. The quantitative estimate of drug-likeness (QED) is 0.494. The zero-order chi connectivity index (χ0) is 26.4. The molecule has 1 aromatic heterocycles. The molecular weight excluding hydrogens is 487 g/mol. The van der Waals surface area contributed by atoms with Gasteiger partial charge in [0.25, 0.3) is 11.8 Å². The molecule has 2 N–H and O–H groups in total. The van der Waals surface area contributed by atoms with Crippen molar-refractivity contribution in [3.63, 3.8) is 0 Å². The number of benzene rings is 2. The van der Waals surface area contributed by atoms with E-state index < -0.39 is 17.8 Å². The van der Waals surface area contributed by atoms with Crippen molar-refractivity contribution >= 4 is 17.7 Å². The Morgan fingerprint density at radius 2 is 1.59 bits per heavy atom. The highest BCUT2D eigenvalue weighted by Gasteiger charge is 2.35. The van der Waals surface area contributed by atoms with Crippen LogP contribution in [0.25, 0.3) is 0 Å². The van der Waals surface area contributed by atoms with Crippen molar-refractivity contribution < 1.29 is 32.0 Å². The predicted octanol–water partition coefficient (Wildman–Crippen LogP) is 4.27. The Balaban J connectivity index is 1.41. The molecule has 0 bridgehead atoms. The van der Waals surface area contributed by atoms with Crippen molar-refractivity contribution in [2.45, 2.75) is 31.6 Å². The number of nitrogens with zero attached hydrogens (tertiary/aromatic N) is 1. The van der Waals surface area contributed by atoms with Gasteiger partial charge in [0.1, 0.15) is 11.8 Å². The van der Waals surface area contributed by atoms with Gasteiger partial charge in [0.2, 0.25) is 5.91 Å². The lowest BCUT2D eigenvalue weighted by Gasteiger charge is -2.36. The fourth-order valence-corrected chi connectivity index (χ4v) is 4.33. The average molecular weight is 514 g/mol. The molecule has 1 aliphatic rings. The van der Waals surface area contributed by atoms with E-state index in [4.69, 9.17) is 4.42 Å². The van der Waals surface area contributed by atoms with Crippen LogP contribution in [0.4, 0.5) is 13.2 Å². The summed E-state index contributed by atoms with van der Waals surface area (Å²) in [6, 6.07) is 15.2. The Morgan fingerprint density at radius 3 is 2.19 bits per heavy atom. The number of amides is 3. The Bertz CT molecular complexity index is 1200. The summed E-state index contributed by atoms with van der Waals surface area (Å²) in [6.07, 6.45) is -2.11. The zero-order valence-corrected chi connectivity index (χ0v) is 19.8. The molecule has 0 radical (unpaired) electrons. The minimum Gasteiger partial charge on any atom is -0.467 e. The van der Waals surface area contributed by atoms with Crippen LogP contribution in [-0.2, 0) is 17.5 Å². The van der Waals surface area contributed by atoms with Gasteiger partial charge in [0.05, 0.1) is 18.4 Å². The highest BCUT2D eigenvalue weighted by Crippen LogP contribution is 2.29. The van der Waals surface area contributed by atoms with Gasteiger partial charge >= 0.3 is 6.18 Å². The summed E-state index contributed by atoms with van der Waals surface area (Å²) in [6.45, 7) is 0.760. The predicted molar refractivity (Wildman–Crippen MR) is 128 cm³/mol. The van der Waals surface area contributed by atoms with Gasteiger partial charge in [-0.05, 0) is 67.3 Å². The third-order valence-electron chi connectivity index (χ3n) is 6.38. The number of alkyl halides is 3. The molecule has 1 atom stereocenters. The Morgan fingerprint density at radius 1 is 0.919 bits per heavy atom. The third kappa shape index (κ3) is 6.58. The molecule has 1 aliphatic heterocycles. The lowest BCUT2D eigenvalue weighted by molar-refractivity contribution is -0.137. The van der Waals surface area contributed by atoms with E-state index in [0.29, 0.717) is 37.3 Å². The largest absolute Gasteiger partial charge is 0.467 e. The van der Waals surface area contributed by atoms with E-state index in [1.165, 1.54) is 18.4 Å². The number of likely N-dealkylation sites (tertiary alicyclic amines) is 1. The highest BCUT2D eigenvalue weighted by molar-refractivity contribution is 5.97. The van der Waals surface area contributed by atoms with Crippen LogP contribution in [0.15, 0.2) is 77.4 Å². The second-order valence-corrected chi connectivity index (χ2v) is 8.82. The van der Waals surface area contributed by atoms with Gasteiger partial charge in [-0.25, -0.2) is 0 Å². The molecule has 10 heteroatoms. The molecule has 194 valence electrons. The topological polar surface area (TPSA) is 91.7 Å². The molecule has 7 nitrogen and oxygen atoms in total. The maximum Gasteiger partial charge on any atom is 0.416 e. The van der Waals surface area contributed by atoms with Gasteiger partial charge in [-0.2, -0.15) is 13.2 Å². The first-order valence-electron chi connectivity index (χ1n) is 11.8. The van der Waals surface area contributed by atoms with Crippen molar-refractivity contribution in [2.75, 3.05) is 13.1 Å². The van der Waals surface area contributed by atoms with E-state index in [1.54, 1.807) is 47.4 Å². The molecular formula is C27H26F3N3O4. The molecule has 0 spiro atoms. The van der Waals surface area contributed by atoms with Gasteiger partial charge < -0.3 is 20.0 Å². The van der Waals surface area contributed by atoms with Crippen molar-refractivity contribution in [1.29, 1.82) is 0 Å². The molecule has 0 aliphatic carbocycles. The molecule has 2 aromatic carbocycles.